The first kappa shape index (κ1) is 39.0. The maximum Gasteiger partial charge on any atom is 0.251 e. The van der Waals surface area contributed by atoms with E-state index in [-0.39, 0.29) is 23.9 Å². The van der Waals surface area contributed by atoms with Gasteiger partial charge in [-0.1, -0.05) is 24.3 Å². The summed E-state index contributed by atoms with van der Waals surface area (Å²) < 4.78 is 15.0. The summed E-state index contributed by atoms with van der Waals surface area (Å²) in [4.78, 5) is 37.3. The van der Waals surface area contributed by atoms with E-state index in [1.165, 1.54) is 0 Å². The predicted molar refractivity (Wildman–Crippen MR) is 225 cm³/mol. The van der Waals surface area contributed by atoms with Crippen LogP contribution in [0.5, 0.6) is 0 Å². The normalized spacial score (nSPS) is 15.2. The third-order valence-corrected chi connectivity index (χ3v) is 11.4. The molecule has 0 radical (unpaired) electrons. The van der Waals surface area contributed by atoms with Crippen LogP contribution < -0.4 is 21.3 Å². The zero-order chi connectivity index (χ0) is 40.2. The number of amides is 2. The highest BCUT2D eigenvalue weighted by Crippen LogP contribution is 2.32. The monoisotopic (exact) mass is 784 g/mol. The molecule has 2 aliphatic heterocycles. The lowest BCUT2D eigenvalue weighted by molar-refractivity contribution is 0.0903. The molecule has 4 aromatic heterocycles. The number of anilines is 2. The molecule has 0 unspecified atom stereocenters. The van der Waals surface area contributed by atoms with E-state index >= 15 is 0 Å². The van der Waals surface area contributed by atoms with Gasteiger partial charge in [-0.15, -0.1) is 0 Å². The van der Waals surface area contributed by atoms with Gasteiger partial charge in [-0.3, -0.25) is 9.59 Å². The number of aryl methyl sites for hydroxylation is 4. The van der Waals surface area contributed by atoms with Crippen LogP contribution in [0.15, 0.2) is 60.9 Å². The standard InChI is InChI=1S/C44H52N10O4/c1-5-53-41-37(25-47-53)39(51-33-13-17-57-18-14-33)35(27(3)49-41)23-45-43(55)31-11-7-9-29(21-31)30-10-8-12-32(22-30)44(56)46-24-36-28(4)50-42-38(26-48-54(42)6-2)40(36)52-34-15-19-58-20-16-34/h7-12,21-22,25-26,33-34H,5-6,13-20,23-24H2,1-4H3,(H,45,55)(H,46,56)(H,49,51)(H,50,52). The highest BCUT2D eigenvalue weighted by Gasteiger charge is 2.23. The van der Waals surface area contributed by atoms with Crippen molar-refractivity contribution in [3.05, 3.63) is 94.6 Å². The van der Waals surface area contributed by atoms with Gasteiger partial charge in [-0.05, 0) is 88.8 Å². The fraction of sp³-hybridized carbons (Fsp3) is 0.409. The van der Waals surface area contributed by atoms with Crippen LogP contribution in [0.2, 0.25) is 0 Å². The van der Waals surface area contributed by atoms with E-state index in [2.05, 4.69) is 45.3 Å². The van der Waals surface area contributed by atoms with Crippen molar-refractivity contribution in [2.45, 2.75) is 91.6 Å². The number of benzene rings is 2. The van der Waals surface area contributed by atoms with E-state index in [0.29, 0.717) is 63.7 Å². The summed E-state index contributed by atoms with van der Waals surface area (Å²) in [7, 11) is 0. The number of fused-ring (bicyclic) bond motifs is 2. The molecule has 2 saturated heterocycles. The Bertz CT molecular complexity index is 2280. The molecule has 6 aromatic rings. The molecular weight excluding hydrogens is 733 g/mol. The van der Waals surface area contributed by atoms with Gasteiger partial charge < -0.3 is 30.7 Å². The maximum atomic E-state index is 13.7. The molecule has 0 spiro atoms. The van der Waals surface area contributed by atoms with Crippen LogP contribution >= 0.6 is 0 Å². The minimum atomic E-state index is -0.202. The Balaban J connectivity index is 0.981. The quantitative estimate of drug-likeness (QED) is 0.101. The SMILES string of the molecule is CCn1ncc2c(NC3CCOCC3)c(CNC(=O)c3cccc(-c4cccc(C(=O)NCc5c(C)nc6c(cnn6CC)c5NC5CCOCC5)c4)c3)c(C)nc21. The minimum Gasteiger partial charge on any atom is -0.381 e. The van der Waals surface area contributed by atoms with E-state index in [9.17, 15) is 9.59 Å². The molecule has 14 nitrogen and oxygen atoms in total. The van der Waals surface area contributed by atoms with Crippen molar-refractivity contribution in [3.63, 3.8) is 0 Å². The van der Waals surface area contributed by atoms with Gasteiger partial charge in [0, 0.05) is 98.3 Å². The lowest BCUT2D eigenvalue weighted by Gasteiger charge is -2.26. The molecule has 0 saturated carbocycles. The first-order chi connectivity index (χ1) is 28.3. The Morgan fingerprint density at radius 3 is 1.47 bits per heavy atom. The van der Waals surface area contributed by atoms with Crippen molar-refractivity contribution in [3.8, 4) is 11.1 Å². The number of hydrogen-bond acceptors (Lipinski definition) is 10. The van der Waals surface area contributed by atoms with Gasteiger partial charge in [0.05, 0.1) is 34.5 Å². The molecule has 14 heteroatoms. The smallest absolute Gasteiger partial charge is 0.251 e. The largest absolute Gasteiger partial charge is 0.381 e. The number of ether oxygens (including phenoxy) is 2. The van der Waals surface area contributed by atoms with Gasteiger partial charge in [0.2, 0.25) is 0 Å². The molecule has 0 aliphatic carbocycles. The topological polar surface area (TPSA) is 162 Å². The van der Waals surface area contributed by atoms with Crippen LogP contribution in [0, 0.1) is 13.8 Å². The number of rotatable bonds is 13. The summed E-state index contributed by atoms with van der Waals surface area (Å²) in [6.07, 6.45) is 7.34. The lowest BCUT2D eigenvalue weighted by Crippen LogP contribution is -2.30. The number of aromatic nitrogens is 6. The molecule has 302 valence electrons. The van der Waals surface area contributed by atoms with E-state index in [4.69, 9.17) is 19.4 Å². The molecule has 2 aromatic carbocycles. The van der Waals surface area contributed by atoms with Crippen molar-refractivity contribution in [1.29, 1.82) is 0 Å². The highest BCUT2D eigenvalue weighted by atomic mass is 16.5. The number of nitrogens with one attached hydrogen (secondary N) is 4. The van der Waals surface area contributed by atoms with Crippen LogP contribution in [0.25, 0.3) is 33.2 Å². The number of nitrogens with zero attached hydrogens (tertiary/aromatic N) is 6. The molecule has 0 atom stereocenters. The second-order valence-corrected chi connectivity index (χ2v) is 15.1. The van der Waals surface area contributed by atoms with Crippen molar-refractivity contribution < 1.29 is 19.1 Å². The zero-order valence-electron chi connectivity index (χ0n) is 33.7. The van der Waals surface area contributed by atoms with Crippen LogP contribution in [-0.4, -0.2) is 79.9 Å². The van der Waals surface area contributed by atoms with Gasteiger partial charge in [0.1, 0.15) is 0 Å². The highest BCUT2D eigenvalue weighted by molar-refractivity contribution is 5.98. The van der Waals surface area contributed by atoms with Gasteiger partial charge >= 0.3 is 0 Å². The van der Waals surface area contributed by atoms with Crippen molar-refractivity contribution in [1.82, 2.24) is 40.2 Å². The zero-order valence-corrected chi connectivity index (χ0v) is 33.7. The lowest BCUT2D eigenvalue weighted by atomic mass is 10.00. The van der Waals surface area contributed by atoms with Gasteiger partial charge in [0.25, 0.3) is 11.8 Å². The second kappa shape index (κ2) is 17.3. The molecule has 6 heterocycles. The summed E-state index contributed by atoms with van der Waals surface area (Å²) in [5, 5.41) is 24.9. The molecule has 0 bridgehead atoms. The minimum absolute atomic E-state index is 0.202. The van der Waals surface area contributed by atoms with Gasteiger partial charge in [-0.25, -0.2) is 19.3 Å². The summed E-state index contributed by atoms with van der Waals surface area (Å²) in [5.74, 6) is -0.404. The molecule has 58 heavy (non-hydrogen) atoms. The first-order valence-electron chi connectivity index (χ1n) is 20.5. The third-order valence-electron chi connectivity index (χ3n) is 11.4. The fourth-order valence-corrected chi connectivity index (χ4v) is 8.02. The molecule has 4 N–H and O–H groups in total. The van der Waals surface area contributed by atoms with Crippen molar-refractivity contribution in [2.24, 2.45) is 0 Å². The first-order valence-corrected chi connectivity index (χ1v) is 20.5. The molecule has 2 amide bonds. The van der Waals surface area contributed by atoms with Gasteiger partial charge in [-0.2, -0.15) is 10.2 Å². The van der Waals surface area contributed by atoms with Crippen molar-refractivity contribution >= 4 is 45.3 Å². The molecular formula is C44H52N10O4. The van der Waals surface area contributed by atoms with Crippen LogP contribution in [0.4, 0.5) is 11.4 Å². The maximum absolute atomic E-state index is 13.7. The molecule has 2 fully saturated rings. The Labute approximate surface area is 338 Å². The summed E-state index contributed by atoms with van der Waals surface area (Å²) in [6, 6.07) is 15.5. The Hall–Kier alpha value is -5.86. The van der Waals surface area contributed by atoms with Crippen LogP contribution in [-0.2, 0) is 35.7 Å². The van der Waals surface area contributed by atoms with Crippen molar-refractivity contribution in [2.75, 3.05) is 37.1 Å². The molecule has 2 aliphatic rings. The predicted octanol–water partition coefficient (Wildman–Crippen LogP) is 6.54. The number of carbonyl (C=O) groups is 2. The summed E-state index contributed by atoms with van der Waals surface area (Å²) in [5.41, 5.74) is 9.84. The third kappa shape index (κ3) is 8.12. The van der Waals surface area contributed by atoms with Gasteiger partial charge in [0.15, 0.2) is 11.3 Å². The number of pyridine rings is 2. The Morgan fingerprint density at radius 1 is 0.655 bits per heavy atom. The van der Waals surface area contributed by atoms with E-state index < -0.39 is 0 Å². The van der Waals surface area contributed by atoms with Crippen LogP contribution in [0.3, 0.4) is 0 Å². The average Bonchev–Trinajstić information content (AvgIpc) is 3.87. The van der Waals surface area contributed by atoms with E-state index in [1.54, 1.807) is 12.1 Å². The number of hydrogen-bond donors (Lipinski definition) is 4. The second-order valence-electron chi connectivity index (χ2n) is 15.1. The fourth-order valence-electron chi connectivity index (χ4n) is 8.02. The van der Waals surface area contributed by atoms with E-state index in [0.717, 1.165) is 92.8 Å². The molecule has 8 rings (SSSR count). The number of carbonyl (C=O) groups excluding carboxylic acids is 2. The Kier molecular flexibility index (Phi) is 11.6. The summed E-state index contributed by atoms with van der Waals surface area (Å²) in [6.45, 7) is 12.9. The van der Waals surface area contributed by atoms with Crippen LogP contribution in [0.1, 0.15) is 82.8 Å². The average molecular weight is 785 g/mol. The summed E-state index contributed by atoms with van der Waals surface area (Å²) >= 11 is 0. The van der Waals surface area contributed by atoms with E-state index in [1.807, 2.05) is 72.0 Å². The Morgan fingerprint density at radius 2 is 1.07 bits per heavy atom.